The largest absolute Gasteiger partial charge is 0.444 e. The van der Waals surface area contributed by atoms with Crippen LogP contribution in [0.25, 0.3) is 0 Å². The standard InChI is InChI=1S/C21H23N3O4/c1-21(2,3)28-20(27)22-15-10-8-14(9-11-15)19(26)24-13-12-18(25)23-16-6-4-5-7-17(16)24/h4-11H,12-13H2,1-3H3,(H,22,27)(H,23,25). The zero-order chi connectivity index (χ0) is 20.3. The second-order valence-electron chi connectivity index (χ2n) is 7.48. The van der Waals surface area contributed by atoms with E-state index >= 15 is 0 Å². The molecule has 0 radical (unpaired) electrons. The van der Waals surface area contributed by atoms with Crippen molar-refractivity contribution in [1.29, 1.82) is 0 Å². The fourth-order valence-corrected chi connectivity index (χ4v) is 2.85. The van der Waals surface area contributed by atoms with Crippen LogP contribution in [0.4, 0.5) is 21.9 Å². The van der Waals surface area contributed by atoms with E-state index in [1.807, 2.05) is 12.1 Å². The summed E-state index contributed by atoms with van der Waals surface area (Å²) >= 11 is 0. The summed E-state index contributed by atoms with van der Waals surface area (Å²) in [4.78, 5) is 38.4. The van der Waals surface area contributed by atoms with Crippen molar-refractivity contribution in [3.05, 3.63) is 54.1 Å². The summed E-state index contributed by atoms with van der Waals surface area (Å²) in [5.41, 5.74) is 1.67. The first kappa shape index (κ1) is 19.4. The van der Waals surface area contributed by atoms with Crippen LogP contribution in [-0.4, -0.2) is 30.1 Å². The van der Waals surface area contributed by atoms with Gasteiger partial charge in [-0.25, -0.2) is 4.79 Å². The molecule has 1 aliphatic heterocycles. The van der Waals surface area contributed by atoms with Crippen LogP contribution < -0.4 is 15.5 Å². The fourth-order valence-electron chi connectivity index (χ4n) is 2.85. The van der Waals surface area contributed by atoms with Gasteiger partial charge in [-0.3, -0.25) is 14.9 Å². The molecule has 0 fully saturated rings. The molecule has 2 aromatic carbocycles. The lowest BCUT2D eigenvalue weighted by Crippen LogP contribution is -2.32. The van der Waals surface area contributed by atoms with Crippen molar-refractivity contribution >= 4 is 35.0 Å². The molecule has 1 heterocycles. The van der Waals surface area contributed by atoms with Gasteiger partial charge in [-0.15, -0.1) is 0 Å². The number of hydrogen-bond donors (Lipinski definition) is 2. The summed E-state index contributed by atoms with van der Waals surface area (Å²) < 4.78 is 5.21. The number of carbonyl (C=O) groups excluding carboxylic acids is 3. The topological polar surface area (TPSA) is 87.7 Å². The van der Waals surface area contributed by atoms with E-state index in [1.54, 1.807) is 62.1 Å². The van der Waals surface area contributed by atoms with E-state index in [1.165, 1.54) is 0 Å². The van der Waals surface area contributed by atoms with Crippen molar-refractivity contribution in [2.45, 2.75) is 32.8 Å². The number of hydrogen-bond acceptors (Lipinski definition) is 4. The summed E-state index contributed by atoms with van der Waals surface area (Å²) in [6.07, 6.45) is -0.337. The molecule has 1 aliphatic rings. The second kappa shape index (κ2) is 7.72. The summed E-state index contributed by atoms with van der Waals surface area (Å²) in [5.74, 6) is -0.340. The molecule has 3 rings (SSSR count). The van der Waals surface area contributed by atoms with Crippen molar-refractivity contribution in [2.75, 3.05) is 22.1 Å². The lowest BCUT2D eigenvalue weighted by atomic mass is 10.1. The van der Waals surface area contributed by atoms with Crippen LogP contribution >= 0.6 is 0 Å². The van der Waals surface area contributed by atoms with Gasteiger partial charge in [0.05, 0.1) is 11.4 Å². The number of anilines is 3. The highest BCUT2D eigenvalue weighted by molar-refractivity contribution is 6.10. The van der Waals surface area contributed by atoms with Crippen LogP contribution in [0.2, 0.25) is 0 Å². The van der Waals surface area contributed by atoms with E-state index in [2.05, 4.69) is 10.6 Å². The highest BCUT2D eigenvalue weighted by atomic mass is 16.6. The van der Waals surface area contributed by atoms with Gasteiger partial charge in [-0.05, 0) is 57.2 Å². The quantitative estimate of drug-likeness (QED) is 0.822. The molecule has 0 aliphatic carbocycles. The van der Waals surface area contributed by atoms with Crippen molar-refractivity contribution < 1.29 is 19.1 Å². The second-order valence-corrected chi connectivity index (χ2v) is 7.48. The Morgan fingerprint density at radius 1 is 1.07 bits per heavy atom. The number of carbonyl (C=O) groups is 3. The first-order chi connectivity index (χ1) is 13.2. The van der Waals surface area contributed by atoms with Crippen molar-refractivity contribution in [3.8, 4) is 0 Å². The first-order valence-corrected chi connectivity index (χ1v) is 9.04. The number of nitrogens with zero attached hydrogens (tertiary/aromatic N) is 1. The summed E-state index contributed by atoms with van der Waals surface area (Å²) in [5, 5.41) is 5.45. The monoisotopic (exact) mass is 381 g/mol. The van der Waals surface area contributed by atoms with Crippen LogP contribution in [0.5, 0.6) is 0 Å². The predicted molar refractivity (Wildman–Crippen MR) is 108 cm³/mol. The first-order valence-electron chi connectivity index (χ1n) is 9.04. The number of nitrogens with one attached hydrogen (secondary N) is 2. The van der Waals surface area contributed by atoms with Gasteiger partial charge in [0.2, 0.25) is 5.91 Å². The number of rotatable bonds is 2. The van der Waals surface area contributed by atoms with Crippen LogP contribution in [-0.2, 0) is 9.53 Å². The third-order valence-corrected chi connectivity index (χ3v) is 4.05. The van der Waals surface area contributed by atoms with Crippen molar-refractivity contribution in [2.24, 2.45) is 0 Å². The molecule has 0 aromatic heterocycles. The molecular formula is C21H23N3O4. The van der Waals surface area contributed by atoms with E-state index in [0.29, 0.717) is 29.2 Å². The van der Waals surface area contributed by atoms with Crippen LogP contribution in [0, 0.1) is 0 Å². The lowest BCUT2D eigenvalue weighted by Gasteiger charge is -2.22. The maximum absolute atomic E-state index is 13.0. The SMILES string of the molecule is CC(C)(C)OC(=O)Nc1ccc(C(=O)N2CCC(=O)Nc3ccccc32)cc1. The molecule has 0 spiro atoms. The minimum atomic E-state index is -0.592. The molecule has 0 unspecified atom stereocenters. The Balaban J connectivity index is 1.76. The lowest BCUT2D eigenvalue weighted by molar-refractivity contribution is -0.115. The smallest absolute Gasteiger partial charge is 0.412 e. The molecule has 7 heteroatoms. The molecule has 7 nitrogen and oxygen atoms in total. The molecule has 3 amide bonds. The Bertz CT molecular complexity index is 901. The summed E-state index contributed by atoms with van der Waals surface area (Å²) in [6.45, 7) is 5.65. The van der Waals surface area contributed by atoms with Gasteiger partial charge < -0.3 is 15.0 Å². The van der Waals surface area contributed by atoms with E-state index in [9.17, 15) is 14.4 Å². The van der Waals surface area contributed by atoms with E-state index < -0.39 is 11.7 Å². The van der Waals surface area contributed by atoms with Crippen LogP contribution in [0.15, 0.2) is 48.5 Å². The van der Waals surface area contributed by atoms with Gasteiger partial charge in [0.1, 0.15) is 5.60 Å². The average Bonchev–Trinajstić information content (AvgIpc) is 2.78. The Kier molecular flexibility index (Phi) is 5.35. The van der Waals surface area contributed by atoms with Gasteiger partial charge in [0.25, 0.3) is 5.91 Å². The number of para-hydroxylation sites is 2. The molecule has 0 atom stereocenters. The molecule has 2 aromatic rings. The maximum Gasteiger partial charge on any atom is 0.412 e. The average molecular weight is 381 g/mol. The Morgan fingerprint density at radius 2 is 1.75 bits per heavy atom. The molecule has 146 valence electrons. The molecule has 2 N–H and O–H groups in total. The minimum Gasteiger partial charge on any atom is -0.444 e. The highest BCUT2D eigenvalue weighted by Gasteiger charge is 2.24. The zero-order valence-corrected chi connectivity index (χ0v) is 16.1. The zero-order valence-electron chi connectivity index (χ0n) is 16.1. The molecule has 0 bridgehead atoms. The maximum atomic E-state index is 13.0. The van der Waals surface area contributed by atoms with Gasteiger partial charge in [0, 0.05) is 24.2 Å². The van der Waals surface area contributed by atoms with Crippen molar-refractivity contribution in [1.82, 2.24) is 0 Å². The number of benzene rings is 2. The van der Waals surface area contributed by atoms with E-state index in [4.69, 9.17) is 4.74 Å². The number of ether oxygens (including phenoxy) is 1. The molecule has 28 heavy (non-hydrogen) atoms. The minimum absolute atomic E-state index is 0.125. The highest BCUT2D eigenvalue weighted by Crippen LogP contribution is 2.29. The third kappa shape index (κ3) is 4.68. The van der Waals surface area contributed by atoms with Gasteiger partial charge >= 0.3 is 6.09 Å². The van der Waals surface area contributed by atoms with Crippen molar-refractivity contribution in [3.63, 3.8) is 0 Å². The summed E-state index contributed by atoms with van der Waals surface area (Å²) in [7, 11) is 0. The number of fused-ring (bicyclic) bond motifs is 1. The predicted octanol–water partition coefficient (Wildman–Crippen LogP) is 4.02. The van der Waals surface area contributed by atoms with E-state index in [-0.39, 0.29) is 18.2 Å². The van der Waals surface area contributed by atoms with Crippen LogP contribution in [0.3, 0.4) is 0 Å². The Labute approximate surface area is 163 Å². The number of amides is 3. The molecule has 0 saturated heterocycles. The normalized spacial score (nSPS) is 13.8. The van der Waals surface area contributed by atoms with Crippen LogP contribution in [0.1, 0.15) is 37.6 Å². The summed E-state index contributed by atoms with van der Waals surface area (Å²) in [6, 6.07) is 13.8. The van der Waals surface area contributed by atoms with Gasteiger partial charge in [-0.1, -0.05) is 12.1 Å². The molecule has 0 saturated carbocycles. The molecular weight excluding hydrogens is 358 g/mol. The fraction of sp³-hybridized carbons (Fsp3) is 0.286. The van der Waals surface area contributed by atoms with E-state index in [0.717, 1.165) is 0 Å². The van der Waals surface area contributed by atoms with Gasteiger partial charge in [-0.2, -0.15) is 0 Å². The Hall–Kier alpha value is -3.35. The Morgan fingerprint density at radius 3 is 2.43 bits per heavy atom. The third-order valence-electron chi connectivity index (χ3n) is 4.05. The van der Waals surface area contributed by atoms with Gasteiger partial charge in [0.15, 0.2) is 0 Å².